The molecule has 0 aromatic carbocycles. The highest BCUT2D eigenvalue weighted by molar-refractivity contribution is 6.31. The van der Waals surface area contributed by atoms with Crippen LogP contribution in [0.1, 0.15) is 25.1 Å². The van der Waals surface area contributed by atoms with Crippen LogP contribution in [0.2, 0.25) is 5.02 Å². The summed E-state index contributed by atoms with van der Waals surface area (Å²) in [7, 11) is 0. The van der Waals surface area contributed by atoms with Crippen LogP contribution in [0.3, 0.4) is 0 Å². The van der Waals surface area contributed by atoms with Gasteiger partial charge in [-0.1, -0.05) is 11.6 Å². The minimum atomic E-state index is 0.334. The van der Waals surface area contributed by atoms with Crippen molar-refractivity contribution in [3.05, 3.63) is 16.9 Å². The molecule has 0 fully saturated rings. The molecule has 1 heterocycles. The number of rotatable bonds is 3. The van der Waals surface area contributed by atoms with Gasteiger partial charge < -0.3 is 5.73 Å². The minimum absolute atomic E-state index is 0.334. The Hall–Kier alpha value is -0.540. The summed E-state index contributed by atoms with van der Waals surface area (Å²) < 4.78 is 1.87. The van der Waals surface area contributed by atoms with Gasteiger partial charge in [0, 0.05) is 6.20 Å². The molecule has 1 aromatic heterocycles. The molecule has 0 saturated carbocycles. The molecular weight excluding hydrogens is 174 g/mol. The van der Waals surface area contributed by atoms with E-state index in [0.717, 1.165) is 17.1 Å². The molecule has 1 aromatic rings. The Morgan fingerprint density at radius 1 is 1.75 bits per heavy atom. The summed E-state index contributed by atoms with van der Waals surface area (Å²) in [6.45, 7) is 4.65. The first-order valence-corrected chi connectivity index (χ1v) is 4.44. The van der Waals surface area contributed by atoms with E-state index in [1.54, 1.807) is 0 Å². The second kappa shape index (κ2) is 3.92. The van der Waals surface area contributed by atoms with Crippen LogP contribution < -0.4 is 5.73 Å². The second-order valence-electron chi connectivity index (χ2n) is 2.97. The SMILES string of the molecule is Cc1nn(C(C)CCN)cc1Cl. The largest absolute Gasteiger partial charge is 0.330 e. The van der Waals surface area contributed by atoms with Gasteiger partial charge in [0.1, 0.15) is 0 Å². The van der Waals surface area contributed by atoms with Crippen LogP contribution in [0.25, 0.3) is 0 Å². The van der Waals surface area contributed by atoms with Crippen LogP contribution in [0.15, 0.2) is 6.20 Å². The molecular formula is C8H14ClN3. The highest BCUT2D eigenvalue weighted by atomic mass is 35.5. The normalized spacial score (nSPS) is 13.3. The molecule has 3 nitrogen and oxygen atoms in total. The Balaban J connectivity index is 2.74. The third-order valence-corrected chi connectivity index (χ3v) is 2.26. The van der Waals surface area contributed by atoms with Gasteiger partial charge in [-0.05, 0) is 26.8 Å². The molecule has 0 radical (unpaired) electrons. The number of aromatic nitrogens is 2. The number of hydrogen-bond donors (Lipinski definition) is 1. The van der Waals surface area contributed by atoms with Gasteiger partial charge in [-0.2, -0.15) is 5.10 Å². The molecule has 0 aliphatic carbocycles. The van der Waals surface area contributed by atoms with E-state index in [1.165, 1.54) is 0 Å². The van der Waals surface area contributed by atoms with Crippen molar-refractivity contribution in [1.82, 2.24) is 9.78 Å². The lowest BCUT2D eigenvalue weighted by atomic mass is 10.2. The van der Waals surface area contributed by atoms with Gasteiger partial charge in [-0.25, -0.2) is 0 Å². The van der Waals surface area contributed by atoms with Crippen LogP contribution in [-0.2, 0) is 0 Å². The molecule has 0 bridgehead atoms. The van der Waals surface area contributed by atoms with E-state index in [4.69, 9.17) is 17.3 Å². The van der Waals surface area contributed by atoms with E-state index in [-0.39, 0.29) is 0 Å². The lowest BCUT2D eigenvalue weighted by Crippen LogP contribution is -2.11. The average Bonchev–Trinajstić information content (AvgIpc) is 2.33. The summed E-state index contributed by atoms with van der Waals surface area (Å²) in [4.78, 5) is 0. The summed E-state index contributed by atoms with van der Waals surface area (Å²) in [5, 5.41) is 4.98. The van der Waals surface area contributed by atoms with Crippen molar-refractivity contribution < 1.29 is 0 Å². The fourth-order valence-electron chi connectivity index (χ4n) is 1.06. The highest BCUT2D eigenvalue weighted by Gasteiger charge is 2.07. The number of hydrogen-bond acceptors (Lipinski definition) is 2. The number of halogens is 1. The van der Waals surface area contributed by atoms with Gasteiger partial charge in [-0.15, -0.1) is 0 Å². The van der Waals surface area contributed by atoms with Crippen molar-refractivity contribution in [2.45, 2.75) is 26.3 Å². The summed E-state index contributed by atoms with van der Waals surface area (Å²) in [6, 6.07) is 0.334. The number of aryl methyl sites for hydroxylation is 1. The fourth-order valence-corrected chi connectivity index (χ4v) is 1.20. The smallest absolute Gasteiger partial charge is 0.0815 e. The quantitative estimate of drug-likeness (QED) is 0.784. The molecule has 0 aliphatic rings. The van der Waals surface area contributed by atoms with Gasteiger partial charge in [0.2, 0.25) is 0 Å². The summed E-state index contributed by atoms with van der Waals surface area (Å²) >= 11 is 5.86. The molecule has 2 N–H and O–H groups in total. The number of nitrogens with two attached hydrogens (primary N) is 1. The maximum atomic E-state index is 5.86. The Kier molecular flexibility index (Phi) is 3.12. The fraction of sp³-hybridized carbons (Fsp3) is 0.625. The third-order valence-electron chi connectivity index (χ3n) is 1.89. The monoisotopic (exact) mass is 187 g/mol. The maximum absolute atomic E-state index is 5.86. The zero-order chi connectivity index (χ0) is 9.14. The first-order valence-electron chi connectivity index (χ1n) is 4.06. The lowest BCUT2D eigenvalue weighted by molar-refractivity contribution is 0.463. The molecule has 1 atom stereocenters. The molecule has 0 aliphatic heterocycles. The molecule has 1 unspecified atom stereocenters. The van der Waals surface area contributed by atoms with Gasteiger partial charge in [-0.3, -0.25) is 4.68 Å². The van der Waals surface area contributed by atoms with Crippen LogP contribution in [0.5, 0.6) is 0 Å². The van der Waals surface area contributed by atoms with Gasteiger partial charge in [0.15, 0.2) is 0 Å². The van der Waals surface area contributed by atoms with Gasteiger partial charge in [0.25, 0.3) is 0 Å². The van der Waals surface area contributed by atoms with Crippen molar-refractivity contribution in [1.29, 1.82) is 0 Å². The predicted octanol–water partition coefficient (Wildman–Crippen LogP) is 1.75. The zero-order valence-electron chi connectivity index (χ0n) is 7.42. The summed E-state index contributed by atoms with van der Waals surface area (Å²) in [5.74, 6) is 0. The van der Waals surface area contributed by atoms with Crippen molar-refractivity contribution in [2.24, 2.45) is 5.73 Å². The van der Waals surface area contributed by atoms with Gasteiger partial charge in [0.05, 0.1) is 16.8 Å². The standard InChI is InChI=1S/C8H14ClN3/c1-6(3-4-10)12-5-8(9)7(2)11-12/h5-6H,3-4,10H2,1-2H3. The van der Waals surface area contributed by atoms with Crippen LogP contribution in [0.4, 0.5) is 0 Å². The van der Waals surface area contributed by atoms with E-state index >= 15 is 0 Å². The minimum Gasteiger partial charge on any atom is -0.330 e. The highest BCUT2D eigenvalue weighted by Crippen LogP contribution is 2.16. The molecule has 68 valence electrons. The zero-order valence-corrected chi connectivity index (χ0v) is 8.17. The molecule has 0 amide bonds. The molecule has 0 saturated heterocycles. The van der Waals surface area contributed by atoms with Crippen LogP contribution in [-0.4, -0.2) is 16.3 Å². The predicted molar refractivity (Wildman–Crippen MR) is 50.4 cm³/mol. The second-order valence-corrected chi connectivity index (χ2v) is 3.38. The molecule has 4 heteroatoms. The summed E-state index contributed by atoms with van der Waals surface area (Å²) in [6.07, 6.45) is 2.77. The van der Waals surface area contributed by atoms with Crippen molar-refractivity contribution in [3.8, 4) is 0 Å². The Bertz CT molecular complexity index is 237. The first kappa shape index (κ1) is 9.55. The van der Waals surface area contributed by atoms with Crippen molar-refractivity contribution >= 4 is 11.6 Å². The van der Waals surface area contributed by atoms with Crippen LogP contribution in [0, 0.1) is 6.92 Å². The topological polar surface area (TPSA) is 43.8 Å². The van der Waals surface area contributed by atoms with Crippen molar-refractivity contribution in [2.75, 3.05) is 6.54 Å². The van der Waals surface area contributed by atoms with E-state index in [1.807, 2.05) is 17.8 Å². The van der Waals surface area contributed by atoms with E-state index in [2.05, 4.69) is 12.0 Å². The maximum Gasteiger partial charge on any atom is 0.0815 e. The Morgan fingerprint density at radius 3 is 2.83 bits per heavy atom. The third kappa shape index (κ3) is 1.99. The number of nitrogens with zero attached hydrogens (tertiary/aromatic N) is 2. The average molecular weight is 188 g/mol. The van der Waals surface area contributed by atoms with Crippen molar-refractivity contribution in [3.63, 3.8) is 0 Å². The molecule has 1 rings (SSSR count). The Morgan fingerprint density at radius 2 is 2.42 bits per heavy atom. The first-order chi connectivity index (χ1) is 5.65. The molecule has 12 heavy (non-hydrogen) atoms. The van der Waals surface area contributed by atoms with E-state index in [0.29, 0.717) is 12.6 Å². The lowest BCUT2D eigenvalue weighted by Gasteiger charge is -2.09. The van der Waals surface area contributed by atoms with Gasteiger partial charge >= 0.3 is 0 Å². The summed E-state index contributed by atoms with van der Waals surface area (Å²) in [5.41, 5.74) is 6.31. The Labute approximate surface area is 77.5 Å². The molecule has 0 spiro atoms. The van der Waals surface area contributed by atoms with E-state index in [9.17, 15) is 0 Å². The van der Waals surface area contributed by atoms with E-state index < -0.39 is 0 Å². The van der Waals surface area contributed by atoms with Crippen LogP contribution >= 0.6 is 11.6 Å².